The number of rotatable bonds is 6. The number of aromatic nitrogens is 3. The summed E-state index contributed by atoms with van der Waals surface area (Å²) in [5, 5.41) is 14.8. The van der Waals surface area contributed by atoms with Gasteiger partial charge in [-0.1, -0.05) is 42.5 Å². The third-order valence-electron chi connectivity index (χ3n) is 6.33. The standard InChI is InChI=1S/C22H32N6O/c1-17-9-13-27(14-10-17)21(18-5-3-2-4-6-18)15-24-22(29)20-16-28(26-25-20)19-7-11-23-12-8-19/h2-6,16-17,19,21,23H,7-15H2,1H3,(H,24,29). The number of hydrogen-bond acceptors (Lipinski definition) is 5. The lowest BCUT2D eigenvalue weighted by molar-refractivity contribution is 0.0908. The van der Waals surface area contributed by atoms with Gasteiger partial charge in [0, 0.05) is 6.54 Å². The summed E-state index contributed by atoms with van der Waals surface area (Å²) < 4.78 is 1.86. The van der Waals surface area contributed by atoms with Gasteiger partial charge in [0.05, 0.1) is 18.3 Å². The number of amides is 1. The smallest absolute Gasteiger partial charge is 0.273 e. The number of likely N-dealkylation sites (tertiary alicyclic amines) is 1. The van der Waals surface area contributed by atoms with E-state index in [1.165, 1.54) is 18.4 Å². The van der Waals surface area contributed by atoms with Gasteiger partial charge in [0.15, 0.2) is 5.69 Å². The van der Waals surface area contributed by atoms with Crippen molar-refractivity contribution >= 4 is 5.91 Å². The van der Waals surface area contributed by atoms with Gasteiger partial charge in [-0.25, -0.2) is 4.68 Å². The Morgan fingerprint density at radius 2 is 1.90 bits per heavy atom. The Bertz CT molecular complexity index is 778. The molecule has 1 aromatic carbocycles. The van der Waals surface area contributed by atoms with E-state index in [0.717, 1.165) is 44.9 Å². The van der Waals surface area contributed by atoms with E-state index in [1.807, 2.05) is 10.7 Å². The summed E-state index contributed by atoms with van der Waals surface area (Å²) in [4.78, 5) is 15.3. The fourth-order valence-electron chi connectivity index (χ4n) is 4.38. The molecule has 2 N–H and O–H groups in total. The first-order valence-electron chi connectivity index (χ1n) is 10.9. The van der Waals surface area contributed by atoms with Gasteiger partial charge in [-0.15, -0.1) is 5.10 Å². The monoisotopic (exact) mass is 396 g/mol. The van der Waals surface area contributed by atoms with Gasteiger partial charge in [-0.2, -0.15) is 0 Å². The molecular formula is C22H32N6O. The van der Waals surface area contributed by atoms with Crippen molar-refractivity contribution in [3.8, 4) is 0 Å². The van der Waals surface area contributed by atoms with Gasteiger partial charge < -0.3 is 10.6 Å². The van der Waals surface area contributed by atoms with Gasteiger partial charge in [0.25, 0.3) is 5.91 Å². The number of nitrogens with zero attached hydrogens (tertiary/aromatic N) is 4. The maximum Gasteiger partial charge on any atom is 0.273 e. The number of carbonyl (C=O) groups excluding carboxylic acids is 1. The Balaban J connectivity index is 1.40. The Morgan fingerprint density at radius 3 is 2.62 bits per heavy atom. The highest BCUT2D eigenvalue weighted by Gasteiger charge is 2.26. The van der Waals surface area contributed by atoms with E-state index in [1.54, 1.807) is 6.20 Å². The molecule has 2 saturated heterocycles. The molecule has 1 atom stereocenters. The molecule has 1 unspecified atom stereocenters. The Labute approximate surface area is 172 Å². The first-order chi connectivity index (χ1) is 14.2. The average molecular weight is 397 g/mol. The third kappa shape index (κ3) is 5.03. The number of hydrogen-bond donors (Lipinski definition) is 2. The Hall–Kier alpha value is -2.25. The van der Waals surface area contributed by atoms with Crippen LogP contribution in [0.25, 0.3) is 0 Å². The van der Waals surface area contributed by atoms with Crippen LogP contribution in [0.3, 0.4) is 0 Å². The highest BCUT2D eigenvalue weighted by molar-refractivity contribution is 5.91. The maximum absolute atomic E-state index is 12.8. The predicted octanol–water partition coefficient (Wildman–Crippen LogP) is 2.41. The molecule has 2 aliphatic rings. The van der Waals surface area contributed by atoms with E-state index >= 15 is 0 Å². The highest BCUT2D eigenvalue weighted by atomic mass is 16.2. The number of nitrogens with one attached hydrogen (secondary N) is 2. The summed E-state index contributed by atoms with van der Waals surface area (Å²) in [6, 6.07) is 11.0. The van der Waals surface area contributed by atoms with Crippen molar-refractivity contribution in [3.05, 3.63) is 47.8 Å². The predicted molar refractivity (Wildman–Crippen MR) is 113 cm³/mol. The zero-order valence-corrected chi connectivity index (χ0v) is 17.3. The molecule has 0 spiro atoms. The first kappa shape index (κ1) is 20.0. The lowest BCUT2D eigenvalue weighted by Crippen LogP contribution is -2.42. The van der Waals surface area contributed by atoms with E-state index in [4.69, 9.17) is 0 Å². The minimum Gasteiger partial charge on any atom is -0.349 e. The van der Waals surface area contributed by atoms with E-state index in [9.17, 15) is 4.79 Å². The van der Waals surface area contributed by atoms with Crippen molar-refractivity contribution in [2.75, 3.05) is 32.7 Å². The van der Waals surface area contributed by atoms with Crippen LogP contribution in [0.1, 0.15) is 60.7 Å². The zero-order chi connectivity index (χ0) is 20.1. The SMILES string of the molecule is CC1CCN(C(CNC(=O)c2cn(C3CCNCC3)nn2)c2ccccc2)CC1. The van der Waals surface area contributed by atoms with Crippen LogP contribution in [0.15, 0.2) is 36.5 Å². The number of carbonyl (C=O) groups is 1. The molecule has 29 heavy (non-hydrogen) atoms. The molecule has 0 aliphatic carbocycles. The molecule has 1 aromatic heterocycles. The van der Waals surface area contributed by atoms with Crippen molar-refractivity contribution in [2.24, 2.45) is 5.92 Å². The van der Waals surface area contributed by atoms with Crippen LogP contribution < -0.4 is 10.6 Å². The summed E-state index contributed by atoms with van der Waals surface area (Å²) in [7, 11) is 0. The minimum absolute atomic E-state index is 0.142. The summed E-state index contributed by atoms with van der Waals surface area (Å²) in [5.74, 6) is 0.638. The van der Waals surface area contributed by atoms with Crippen molar-refractivity contribution in [3.63, 3.8) is 0 Å². The van der Waals surface area contributed by atoms with Crippen LogP contribution in [0.2, 0.25) is 0 Å². The molecule has 7 nitrogen and oxygen atoms in total. The van der Waals surface area contributed by atoms with Gasteiger partial charge in [0.1, 0.15) is 0 Å². The van der Waals surface area contributed by atoms with Crippen LogP contribution >= 0.6 is 0 Å². The molecule has 2 aliphatic heterocycles. The van der Waals surface area contributed by atoms with Crippen molar-refractivity contribution < 1.29 is 4.79 Å². The fourth-order valence-corrected chi connectivity index (χ4v) is 4.38. The lowest BCUT2D eigenvalue weighted by Gasteiger charge is -2.37. The minimum atomic E-state index is -0.142. The van der Waals surface area contributed by atoms with Crippen LogP contribution in [0.5, 0.6) is 0 Å². The Kier molecular flexibility index (Phi) is 6.56. The van der Waals surface area contributed by atoms with Gasteiger partial charge >= 0.3 is 0 Å². The topological polar surface area (TPSA) is 75.1 Å². The largest absolute Gasteiger partial charge is 0.349 e. The first-order valence-corrected chi connectivity index (χ1v) is 10.9. The van der Waals surface area contributed by atoms with Crippen LogP contribution in [-0.4, -0.2) is 58.5 Å². The second-order valence-corrected chi connectivity index (χ2v) is 8.42. The van der Waals surface area contributed by atoms with E-state index < -0.39 is 0 Å². The van der Waals surface area contributed by atoms with E-state index in [2.05, 4.69) is 57.0 Å². The molecule has 1 amide bonds. The normalized spacial score (nSPS) is 20.4. The molecular weight excluding hydrogens is 364 g/mol. The molecule has 0 saturated carbocycles. The molecule has 0 radical (unpaired) electrons. The van der Waals surface area contributed by atoms with Gasteiger partial charge in [0.2, 0.25) is 0 Å². The summed E-state index contributed by atoms with van der Waals surface area (Å²) in [5.41, 5.74) is 1.66. The highest BCUT2D eigenvalue weighted by Crippen LogP contribution is 2.26. The van der Waals surface area contributed by atoms with Crippen molar-refractivity contribution in [1.29, 1.82) is 0 Å². The maximum atomic E-state index is 12.8. The van der Waals surface area contributed by atoms with Gasteiger partial charge in [-0.05, 0) is 63.3 Å². The fraction of sp³-hybridized carbons (Fsp3) is 0.591. The molecule has 156 valence electrons. The van der Waals surface area contributed by atoms with Crippen LogP contribution in [0, 0.1) is 5.92 Å². The average Bonchev–Trinajstić information content (AvgIpc) is 3.27. The van der Waals surface area contributed by atoms with E-state index in [0.29, 0.717) is 18.3 Å². The van der Waals surface area contributed by atoms with Crippen LogP contribution in [0.4, 0.5) is 0 Å². The second-order valence-electron chi connectivity index (χ2n) is 8.42. The lowest BCUT2D eigenvalue weighted by atomic mass is 9.95. The number of benzene rings is 1. The molecule has 2 fully saturated rings. The summed E-state index contributed by atoms with van der Waals surface area (Å²) in [6.45, 7) is 7.02. The Morgan fingerprint density at radius 1 is 1.17 bits per heavy atom. The molecule has 4 rings (SSSR count). The van der Waals surface area contributed by atoms with Crippen molar-refractivity contribution in [2.45, 2.75) is 44.7 Å². The van der Waals surface area contributed by atoms with Gasteiger partial charge in [-0.3, -0.25) is 9.69 Å². The number of piperidine rings is 2. The van der Waals surface area contributed by atoms with Crippen molar-refractivity contribution in [1.82, 2.24) is 30.5 Å². The molecule has 7 heteroatoms. The third-order valence-corrected chi connectivity index (χ3v) is 6.33. The molecule has 0 bridgehead atoms. The zero-order valence-electron chi connectivity index (χ0n) is 17.3. The molecule has 3 heterocycles. The summed E-state index contributed by atoms with van der Waals surface area (Å²) >= 11 is 0. The quantitative estimate of drug-likeness (QED) is 0.784. The summed E-state index contributed by atoms with van der Waals surface area (Å²) in [6.07, 6.45) is 6.26. The van der Waals surface area contributed by atoms with E-state index in [-0.39, 0.29) is 11.9 Å². The molecule has 2 aromatic rings. The second kappa shape index (κ2) is 9.50. The van der Waals surface area contributed by atoms with Crippen LogP contribution in [-0.2, 0) is 0 Å².